The third kappa shape index (κ3) is 3.57. The van der Waals surface area contributed by atoms with Gasteiger partial charge in [-0.1, -0.05) is 23.9 Å². The molecule has 21 heavy (non-hydrogen) atoms. The summed E-state index contributed by atoms with van der Waals surface area (Å²) in [6, 6.07) is 8.52. The molecule has 0 aliphatic heterocycles. The van der Waals surface area contributed by atoms with Gasteiger partial charge in [-0.3, -0.25) is 0 Å². The van der Waals surface area contributed by atoms with Gasteiger partial charge >= 0.3 is 0 Å². The van der Waals surface area contributed by atoms with Crippen molar-refractivity contribution >= 4 is 11.8 Å². The third-order valence-corrected chi connectivity index (χ3v) is 4.27. The number of aromatic nitrogens is 3. The average molecular weight is 305 g/mol. The second-order valence-corrected chi connectivity index (χ2v) is 6.23. The first-order valence-corrected chi connectivity index (χ1v) is 8.13. The second kappa shape index (κ2) is 6.49. The number of thioether (sulfide) groups is 1. The van der Waals surface area contributed by atoms with Gasteiger partial charge in [0.2, 0.25) is 0 Å². The standard InChI is InChI=1S/C15H19N3O2S/c1-11-3-2-4-13(9-11)20-7-8-21-15-17-16-14(10-19)18(15)12-5-6-12/h2-4,9,12,19H,5-8,10H2,1H3. The Balaban J connectivity index is 1.53. The van der Waals surface area contributed by atoms with Crippen LogP contribution >= 0.6 is 11.8 Å². The molecule has 0 unspecified atom stereocenters. The average Bonchev–Trinajstić information content (AvgIpc) is 3.24. The van der Waals surface area contributed by atoms with Crippen molar-refractivity contribution in [3.05, 3.63) is 35.7 Å². The molecule has 1 heterocycles. The maximum absolute atomic E-state index is 9.30. The van der Waals surface area contributed by atoms with Crippen molar-refractivity contribution < 1.29 is 9.84 Å². The smallest absolute Gasteiger partial charge is 0.191 e. The molecule has 5 nitrogen and oxygen atoms in total. The second-order valence-electron chi connectivity index (χ2n) is 5.17. The molecule has 1 saturated carbocycles. The zero-order valence-corrected chi connectivity index (χ0v) is 12.8. The van der Waals surface area contributed by atoms with E-state index in [2.05, 4.69) is 27.8 Å². The monoisotopic (exact) mass is 305 g/mol. The summed E-state index contributed by atoms with van der Waals surface area (Å²) in [4.78, 5) is 0. The number of aryl methyl sites for hydroxylation is 1. The molecular formula is C15H19N3O2S. The van der Waals surface area contributed by atoms with E-state index in [0.29, 0.717) is 18.5 Å². The zero-order chi connectivity index (χ0) is 14.7. The van der Waals surface area contributed by atoms with Gasteiger partial charge in [0.1, 0.15) is 12.4 Å². The number of benzene rings is 1. The predicted octanol–water partition coefficient (Wildman–Crippen LogP) is 2.58. The SMILES string of the molecule is Cc1cccc(OCCSc2nnc(CO)n2C2CC2)c1. The molecule has 0 spiro atoms. The number of aliphatic hydroxyl groups is 1. The molecule has 0 atom stereocenters. The van der Waals surface area contributed by atoms with Crippen molar-refractivity contribution in [3.63, 3.8) is 0 Å². The van der Waals surface area contributed by atoms with Gasteiger partial charge in [-0.25, -0.2) is 0 Å². The van der Waals surface area contributed by atoms with Gasteiger partial charge in [-0.15, -0.1) is 10.2 Å². The molecule has 3 rings (SSSR count). The molecule has 112 valence electrons. The Labute approximate surface area is 128 Å². The topological polar surface area (TPSA) is 60.2 Å². The van der Waals surface area contributed by atoms with E-state index < -0.39 is 0 Å². The lowest BCUT2D eigenvalue weighted by Crippen LogP contribution is -2.05. The highest BCUT2D eigenvalue weighted by Gasteiger charge is 2.29. The van der Waals surface area contributed by atoms with Gasteiger partial charge in [-0.05, 0) is 37.5 Å². The summed E-state index contributed by atoms with van der Waals surface area (Å²) in [6.07, 6.45) is 2.30. The first-order valence-electron chi connectivity index (χ1n) is 7.15. The Morgan fingerprint density at radius 3 is 2.95 bits per heavy atom. The normalized spacial score (nSPS) is 14.4. The minimum absolute atomic E-state index is 0.0517. The predicted molar refractivity (Wildman–Crippen MR) is 81.6 cm³/mol. The highest BCUT2D eigenvalue weighted by molar-refractivity contribution is 7.99. The highest BCUT2D eigenvalue weighted by Crippen LogP contribution is 2.38. The van der Waals surface area contributed by atoms with Crippen molar-refractivity contribution in [2.45, 2.75) is 37.6 Å². The van der Waals surface area contributed by atoms with Crippen LogP contribution in [0.5, 0.6) is 5.75 Å². The van der Waals surface area contributed by atoms with Crippen LogP contribution in [-0.4, -0.2) is 32.2 Å². The fourth-order valence-electron chi connectivity index (χ4n) is 2.21. The quantitative estimate of drug-likeness (QED) is 0.629. The van der Waals surface area contributed by atoms with E-state index in [-0.39, 0.29) is 6.61 Å². The van der Waals surface area contributed by atoms with Gasteiger partial charge in [-0.2, -0.15) is 0 Å². The summed E-state index contributed by atoms with van der Waals surface area (Å²) in [5.41, 5.74) is 1.20. The molecule has 1 fully saturated rings. The summed E-state index contributed by atoms with van der Waals surface area (Å²) in [5.74, 6) is 2.37. The Bertz CT molecular complexity index is 611. The maximum atomic E-state index is 9.30. The van der Waals surface area contributed by atoms with E-state index in [0.717, 1.165) is 29.5 Å². The van der Waals surface area contributed by atoms with Crippen LogP contribution in [0.25, 0.3) is 0 Å². The van der Waals surface area contributed by atoms with E-state index >= 15 is 0 Å². The van der Waals surface area contributed by atoms with Crippen LogP contribution < -0.4 is 4.74 Å². The van der Waals surface area contributed by atoms with Crippen molar-refractivity contribution in [2.75, 3.05) is 12.4 Å². The van der Waals surface area contributed by atoms with Gasteiger partial charge in [0, 0.05) is 11.8 Å². The van der Waals surface area contributed by atoms with Crippen LogP contribution in [0.3, 0.4) is 0 Å². The molecule has 0 radical (unpaired) electrons. The molecule has 0 bridgehead atoms. The lowest BCUT2D eigenvalue weighted by Gasteiger charge is -2.08. The van der Waals surface area contributed by atoms with Crippen LogP contribution in [0, 0.1) is 6.92 Å². The zero-order valence-electron chi connectivity index (χ0n) is 12.0. The van der Waals surface area contributed by atoms with E-state index in [1.807, 2.05) is 18.2 Å². The van der Waals surface area contributed by atoms with E-state index in [4.69, 9.17) is 4.74 Å². The number of hydrogen-bond donors (Lipinski definition) is 1. The molecule has 1 aromatic carbocycles. The number of rotatable bonds is 7. The first-order chi connectivity index (χ1) is 10.3. The summed E-state index contributed by atoms with van der Waals surface area (Å²) in [5, 5.41) is 18.4. The molecular weight excluding hydrogens is 286 g/mol. The molecule has 0 saturated heterocycles. The van der Waals surface area contributed by atoms with E-state index in [1.165, 1.54) is 5.56 Å². The number of aliphatic hydroxyl groups excluding tert-OH is 1. The van der Waals surface area contributed by atoms with Crippen molar-refractivity contribution in [2.24, 2.45) is 0 Å². The molecule has 1 aliphatic carbocycles. The van der Waals surface area contributed by atoms with E-state index in [1.54, 1.807) is 11.8 Å². The lowest BCUT2D eigenvalue weighted by molar-refractivity contribution is 0.263. The minimum Gasteiger partial charge on any atom is -0.493 e. The van der Waals surface area contributed by atoms with Gasteiger partial charge in [0.15, 0.2) is 11.0 Å². The lowest BCUT2D eigenvalue weighted by atomic mass is 10.2. The molecule has 1 N–H and O–H groups in total. The van der Waals surface area contributed by atoms with Crippen molar-refractivity contribution in [1.29, 1.82) is 0 Å². The van der Waals surface area contributed by atoms with Crippen LogP contribution in [-0.2, 0) is 6.61 Å². The van der Waals surface area contributed by atoms with Crippen LogP contribution in [0.4, 0.5) is 0 Å². The highest BCUT2D eigenvalue weighted by atomic mass is 32.2. The Morgan fingerprint density at radius 2 is 2.24 bits per heavy atom. The third-order valence-electron chi connectivity index (χ3n) is 3.36. The van der Waals surface area contributed by atoms with Crippen LogP contribution in [0.2, 0.25) is 0 Å². The number of nitrogens with zero attached hydrogens (tertiary/aromatic N) is 3. The van der Waals surface area contributed by atoms with E-state index in [9.17, 15) is 5.11 Å². The molecule has 0 amide bonds. The first kappa shape index (κ1) is 14.4. The fourth-order valence-corrected chi connectivity index (χ4v) is 3.05. The Morgan fingerprint density at radius 1 is 1.38 bits per heavy atom. The maximum Gasteiger partial charge on any atom is 0.191 e. The van der Waals surface area contributed by atoms with Gasteiger partial charge < -0.3 is 14.4 Å². The molecule has 1 aromatic heterocycles. The summed E-state index contributed by atoms with van der Waals surface area (Å²) in [7, 11) is 0. The Kier molecular flexibility index (Phi) is 4.45. The van der Waals surface area contributed by atoms with Crippen molar-refractivity contribution in [3.8, 4) is 5.75 Å². The molecule has 1 aliphatic rings. The van der Waals surface area contributed by atoms with Gasteiger partial charge in [0.25, 0.3) is 0 Å². The number of ether oxygens (including phenoxy) is 1. The van der Waals surface area contributed by atoms with Crippen molar-refractivity contribution in [1.82, 2.24) is 14.8 Å². The van der Waals surface area contributed by atoms with Crippen LogP contribution in [0.15, 0.2) is 29.4 Å². The Hall–Kier alpha value is -1.53. The summed E-state index contributed by atoms with van der Waals surface area (Å²) < 4.78 is 7.80. The van der Waals surface area contributed by atoms with Crippen LogP contribution in [0.1, 0.15) is 30.3 Å². The number of hydrogen-bond acceptors (Lipinski definition) is 5. The molecule has 2 aromatic rings. The summed E-state index contributed by atoms with van der Waals surface area (Å²) in [6.45, 7) is 2.63. The largest absolute Gasteiger partial charge is 0.493 e. The molecule has 6 heteroatoms. The van der Waals surface area contributed by atoms with Gasteiger partial charge in [0.05, 0.1) is 6.61 Å². The summed E-state index contributed by atoms with van der Waals surface area (Å²) >= 11 is 1.63. The fraction of sp³-hybridized carbons (Fsp3) is 0.467. The minimum atomic E-state index is -0.0517.